The number of likely N-dealkylation sites (tertiary alicyclic amines) is 1. The summed E-state index contributed by atoms with van der Waals surface area (Å²) in [5.41, 5.74) is 0.955. The van der Waals surface area contributed by atoms with Gasteiger partial charge in [-0.25, -0.2) is 0 Å². The van der Waals surface area contributed by atoms with Crippen LogP contribution in [0.15, 0.2) is 24.3 Å². The van der Waals surface area contributed by atoms with E-state index in [-0.39, 0.29) is 0 Å². The number of nitrogens with one attached hydrogen (secondary N) is 1. The number of hydrogen-bond acceptors (Lipinski definition) is 2. The number of nitrogens with zero attached hydrogens (tertiary/aromatic N) is 2. The van der Waals surface area contributed by atoms with Crippen molar-refractivity contribution in [2.45, 2.75) is 45.2 Å². The minimum absolute atomic E-state index is 0.646. The van der Waals surface area contributed by atoms with Crippen LogP contribution in [0.1, 0.15) is 33.1 Å². The lowest BCUT2D eigenvalue weighted by atomic mass is 10.0. The zero-order valence-electron chi connectivity index (χ0n) is 13.7. The molecule has 1 fully saturated rings. The molecule has 1 heterocycles. The van der Waals surface area contributed by atoms with Crippen molar-refractivity contribution in [2.75, 3.05) is 25.5 Å². The van der Waals surface area contributed by atoms with E-state index >= 15 is 0 Å². The second-order valence-electron chi connectivity index (χ2n) is 6.08. The van der Waals surface area contributed by atoms with Gasteiger partial charge in [-0.15, -0.1) is 0 Å². The predicted molar refractivity (Wildman–Crippen MR) is 99.8 cm³/mol. The van der Waals surface area contributed by atoms with Crippen LogP contribution in [0.2, 0.25) is 5.02 Å². The monoisotopic (exact) mass is 339 g/mol. The van der Waals surface area contributed by atoms with Crippen LogP contribution < -0.4 is 5.32 Å². The number of thiocarbonyl (C=S) groups is 1. The fraction of sp³-hybridized carbons (Fsp3) is 0.588. The highest BCUT2D eigenvalue weighted by molar-refractivity contribution is 7.80. The molecule has 5 heteroatoms. The van der Waals surface area contributed by atoms with E-state index in [0.29, 0.717) is 12.1 Å². The molecule has 0 spiro atoms. The van der Waals surface area contributed by atoms with Gasteiger partial charge in [-0.05, 0) is 63.7 Å². The van der Waals surface area contributed by atoms with Crippen LogP contribution in [0.4, 0.5) is 5.69 Å². The molecule has 3 nitrogen and oxygen atoms in total. The van der Waals surface area contributed by atoms with E-state index < -0.39 is 0 Å². The molecule has 0 saturated carbocycles. The Morgan fingerprint density at radius 2 is 2.14 bits per heavy atom. The van der Waals surface area contributed by atoms with Crippen molar-refractivity contribution in [1.29, 1.82) is 0 Å². The van der Waals surface area contributed by atoms with Crippen molar-refractivity contribution >= 4 is 34.6 Å². The standard InChI is InChI=1S/C17H26ClN3S/c1-4-13(2)20(3)16-8-10-21(11-9-16)17(22)19-15-7-5-6-14(18)12-15/h5-7,12-13,16H,4,8-11H2,1-3H3,(H,19,22). The van der Waals surface area contributed by atoms with Crippen molar-refractivity contribution in [3.8, 4) is 0 Å². The lowest BCUT2D eigenvalue weighted by molar-refractivity contribution is 0.126. The van der Waals surface area contributed by atoms with E-state index in [1.807, 2.05) is 24.3 Å². The summed E-state index contributed by atoms with van der Waals surface area (Å²) in [6, 6.07) is 9.00. The SMILES string of the molecule is CCC(C)N(C)C1CCN(C(=S)Nc2cccc(Cl)c2)CC1. The van der Waals surface area contributed by atoms with E-state index in [9.17, 15) is 0 Å². The molecule has 0 amide bonds. The molecule has 0 aromatic heterocycles. The van der Waals surface area contributed by atoms with Crippen LogP contribution in [-0.2, 0) is 0 Å². The first kappa shape index (κ1) is 17.5. The van der Waals surface area contributed by atoms with Crippen molar-refractivity contribution in [3.63, 3.8) is 0 Å². The fourth-order valence-electron chi connectivity index (χ4n) is 2.89. The molecule has 122 valence electrons. The van der Waals surface area contributed by atoms with Crippen molar-refractivity contribution in [3.05, 3.63) is 29.3 Å². The van der Waals surface area contributed by atoms with Gasteiger partial charge in [-0.3, -0.25) is 0 Å². The van der Waals surface area contributed by atoms with Crippen molar-refractivity contribution < 1.29 is 0 Å². The maximum absolute atomic E-state index is 6.01. The summed E-state index contributed by atoms with van der Waals surface area (Å²) in [6.45, 7) is 6.58. The number of piperidine rings is 1. The van der Waals surface area contributed by atoms with Crippen molar-refractivity contribution in [2.24, 2.45) is 0 Å². The molecule has 0 aliphatic carbocycles. The van der Waals surface area contributed by atoms with Gasteiger partial charge >= 0.3 is 0 Å². The third kappa shape index (κ3) is 4.58. The molecule has 1 N–H and O–H groups in total. The van der Waals surface area contributed by atoms with Gasteiger partial charge in [-0.2, -0.15) is 0 Å². The first-order valence-electron chi connectivity index (χ1n) is 8.04. The van der Waals surface area contributed by atoms with Gasteiger partial charge < -0.3 is 15.1 Å². The Bertz CT molecular complexity index is 500. The van der Waals surface area contributed by atoms with Crippen molar-refractivity contribution in [1.82, 2.24) is 9.80 Å². The number of anilines is 1. The second-order valence-corrected chi connectivity index (χ2v) is 6.90. The summed E-state index contributed by atoms with van der Waals surface area (Å²) >= 11 is 11.5. The van der Waals surface area contributed by atoms with Gasteiger partial charge in [0.2, 0.25) is 0 Å². The lowest BCUT2D eigenvalue weighted by Crippen LogP contribution is -2.48. The highest BCUT2D eigenvalue weighted by atomic mass is 35.5. The van der Waals surface area contributed by atoms with Crippen LogP contribution >= 0.6 is 23.8 Å². The highest BCUT2D eigenvalue weighted by Crippen LogP contribution is 2.20. The average molecular weight is 340 g/mol. The lowest BCUT2D eigenvalue weighted by Gasteiger charge is -2.40. The molecule has 2 rings (SSSR count). The van der Waals surface area contributed by atoms with Gasteiger partial charge in [-0.1, -0.05) is 24.6 Å². The zero-order chi connectivity index (χ0) is 16.1. The number of halogens is 1. The second kappa shape index (κ2) is 8.14. The molecule has 1 atom stereocenters. The summed E-state index contributed by atoms with van der Waals surface area (Å²) in [5, 5.41) is 4.81. The molecule has 1 unspecified atom stereocenters. The van der Waals surface area contributed by atoms with E-state index in [2.05, 4.69) is 36.0 Å². The number of benzene rings is 1. The van der Waals surface area contributed by atoms with Crippen LogP contribution in [-0.4, -0.2) is 47.1 Å². The molecule has 1 saturated heterocycles. The summed E-state index contributed by atoms with van der Waals surface area (Å²) in [6.07, 6.45) is 3.53. The molecular formula is C17H26ClN3S. The van der Waals surface area contributed by atoms with Gasteiger partial charge in [0.15, 0.2) is 5.11 Å². The van der Waals surface area contributed by atoms with Crippen LogP contribution in [0.3, 0.4) is 0 Å². The Morgan fingerprint density at radius 3 is 2.73 bits per heavy atom. The normalized spacial score (nSPS) is 17.6. The quantitative estimate of drug-likeness (QED) is 0.827. The van der Waals surface area contributed by atoms with E-state index in [0.717, 1.165) is 41.8 Å². The van der Waals surface area contributed by atoms with Crippen LogP contribution in [0.5, 0.6) is 0 Å². The Hall–Kier alpha value is -0.840. The van der Waals surface area contributed by atoms with Crippen LogP contribution in [0, 0.1) is 0 Å². The summed E-state index contributed by atoms with van der Waals surface area (Å²) in [4.78, 5) is 4.78. The molecule has 1 aromatic carbocycles. The summed E-state index contributed by atoms with van der Waals surface area (Å²) in [7, 11) is 2.25. The number of rotatable bonds is 4. The van der Waals surface area contributed by atoms with Crippen LogP contribution in [0.25, 0.3) is 0 Å². The maximum Gasteiger partial charge on any atom is 0.173 e. The van der Waals surface area contributed by atoms with E-state index in [1.54, 1.807) is 0 Å². The third-order valence-corrected chi connectivity index (χ3v) is 5.28. The molecule has 1 aliphatic rings. The Labute approximate surface area is 144 Å². The summed E-state index contributed by atoms with van der Waals surface area (Å²) < 4.78 is 0. The highest BCUT2D eigenvalue weighted by Gasteiger charge is 2.25. The molecule has 0 bridgehead atoms. The minimum Gasteiger partial charge on any atom is -0.349 e. The molecule has 22 heavy (non-hydrogen) atoms. The smallest absolute Gasteiger partial charge is 0.173 e. The molecule has 1 aromatic rings. The largest absolute Gasteiger partial charge is 0.349 e. The van der Waals surface area contributed by atoms with E-state index in [4.69, 9.17) is 23.8 Å². The molecule has 1 aliphatic heterocycles. The predicted octanol–water partition coefficient (Wildman–Crippen LogP) is 4.23. The first-order valence-corrected chi connectivity index (χ1v) is 8.83. The molecule has 0 radical (unpaired) electrons. The van der Waals surface area contributed by atoms with Gasteiger partial charge in [0.25, 0.3) is 0 Å². The average Bonchev–Trinajstić information content (AvgIpc) is 2.53. The Morgan fingerprint density at radius 1 is 1.45 bits per heavy atom. The van der Waals surface area contributed by atoms with Gasteiger partial charge in [0, 0.05) is 35.9 Å². The third-order valence-electron chi connectivity index (χ3n) is 4.69. The van der Waals surface area contributed by atoms with Gasteiger partial charge in [0.1, 0.15) is 0 Å². The zero-order valence-corrected chi connectivity index (χ0v) is 15.3. The fourth-order valence-corrected chi connectivity index (χ4v) is 3.38. The van der Waals surface area contributed by atoms with Gasteiger partial charge in [0.05, 0.1) is 0 Å². The Balaban J connectivity index is 1.85. The minimum atomic E-state index is 0.646. The Kier molecular flexibility index (Phi) is 6.48. The topological polar surface area (TPSA) is 18.5 Å². The molecular weight excluding hydrogens is 314 g/mol. The summed E-state index contributed by atoms with van der Waals surface area (Å²) in [5.74, 6) is 0. The number of hydrogen-bond donors (Lipinski definition) is 1. The maximum atomic E-state index is 6.01. The van der Waals surface area contributed by atoms with E-state index in [1.165, 1.54) is 6.42 Å². The first-order chi connectivity index (χ1) is 10.5.